The van der Waals surface area contributed by atoms with Crippen molar-refractivity contribution in [3.8, 4) is 16.6 Å². The van der Waals surface area contributed by atoms with Crippen LogP contribution >= 0.6 is 11.3 Å². The van der Waals surface area contributed by atoms with E-state index in [1.165, 1.54) is 6.20 Å². The molecular formula is C11H9F3N2O3S2. The van der Waals surface area contributed by atoms with Crippen molar-refractivity contribution in [3.63, 3.8) is 0 Å². The van der Waals surface area contributed by atoms with Crippen molar-refractivity contribution in [2.24, 2.45) is 0 Å². The molecule has 0 fully saturated rings. The van der Waals surface area contributed by atoms with E-state index in [1.54, 1.807) is 25.1 Å². The molecule has 2 aromatic rings. The second-order valence-electron chi connectivity index (χ2n) is 3.80. The van der Waals surface area contributed by atoms with Gasteiger partial charge in [-0.15, -0.1) is 11.3 Å². The van der Waals surface area contributed by atoms with Gasteiger partial charge in [0.15, 0.2) is 0 Å². The Balaban J connectivity index is 2.40. The number of alkyl halides is 3. The summed E-state index contributed by atoms with van der Waals surface area (Å²) in [5.41, 5.74) is -5.07. The second kappa shape index (κ2) is 5.60. The molecule has 5 nitrogen and oxygen atoms in total. The van der Waals surface area contributed by atoms with Gasteiger partial charge in [0.1, 0.15) is 5.01 Å². The molecule has 0 N–H and O–H groups in total. The summed E-state index contributed by atoms with van der Waals surface area (Å²) in [6.07, 6.45) is 1.78. The van der Waals surface area contributed by atoms with E-state index in [2.05, 4.69) is 14.2 Å². The Morgan fingerprint density at radius 1 is 1.33 bits per heavy atom. The van der Waals surface area contributed by atoms with Gasteiger partial charge in [0, 0.05) is 6.20 Å². The van der Waals surface area contributed by atoms with E-state index in [9.17, 15) is 21.6 Å². The van der Waals surface area contributed by atoms with Gasteiger partial charge in [-0.1, -0.05) is 13.0 Å². The number of rotatable bonds is 4. The highest BCUT2D eigenvalue weighted by molar-refractivity contribution is 7.88. The van der Waals surface area contributed by atoms with Crippen LogP contribution in [-0.2, 0) is 16.5 Å². The number of hydrogen-bond donors (Lipinski definition) is 0. The third-order valence-electron chi connectivity index (χ3n) is 2.34. The molecule has 21 heavy (non-hydrogen) atoms. The van der Waals surface area contributed by atoms with Crippen LogP contribution in [0, 0.1) is 0 Å². The van der Waals surface area contributed by atoms with Crippen LogP contribution in [0.1, 0.15) is 11.8 Å². The molecule has 0 spiro atoms. The van der Waals surface area contributed by atoms with Crippen LogP contribution in [-0.4, -0.2) is 23.9 Å². The van der Waals surface area contributed by atoms with Crippen LogP contribution in [0.3, 0.4) is 0 Å². The van der Waals surface area contributed by atoms with Crippen molar-refractivity contribution in [1.29, 1.82) is 0 Å². The van der Waals surface area contributed by atoms with Crippen molar-refractivity contribution in [3.05, 3.63) is 29.3 Å². The van der Waals surface area contributed by atoms with Gasteiger partial charge in [-0.3, -0.25) is 4.98 Å². The van der Waals surface area contributed by atoms with Gasteiger partial charge in [-0.05, 0) is 18.6 Å². The normalized spacial score (nSPS) is 12.4. The number of pyridine rings is 1. The molecule has 10 heteroatoms. The first kappa shape index (κ1) is 15.7. The van der Waals surface area contributed by atoms with Crippen molar-refractivity contribution in [2.45, 2.75) is 18.9 Å². The lowest BCUT2D eigenvalue weighted by Gasteiger charge is -2.07. The van der Waals surface area contributed by atoms with Gasteiger partial charge in [0.2, 0.25) is 5.88 Å². The Kier molecular flexibility index (Phi) is 4.19. The molecule has 0 aromatic carbocycles. The summed E-state index contributed by atoms with van der Waals surface area (Å²) in [6.45, 7) is 1.66. The van der Waals surface area contributed by atoms with E-state index < -0.39 is 21.5 Å². The molecule has 0 saturated heterocycles. The van der Waals surface area contributed by atoms with Gasteiger partial charge in [0.05, 0.1) is 10.6 Å². The molecule has 2 aromatic heterocycles. The Morgan fingerprint density at radius 3 is 2.57 bits per heavy atom. The molecule has 0 atom stereocenters. The zero-order chi connectivity index (χ0) is 15.7. The zero-order valence-electron chi connectivity index (χ0n) is 10.6. The van der Waals surface area contributed by atoms with E-state index in [4.69, 9.17) is 0 Å². The summed E-state index contributed by atoms with van der Waals surface area (Å²) < 4.78 is 63.2. The van der Waals surface area contributed by atoms with E-state index in [1.807, 2.05) is 0 Å². The molecule has 2 heterocycles. The first-order chi connectivity index (χ1) is 9.74. The SMILES string of the molecule is CCc1sc(-c2ccccn2)nc1OS(=O)(=O)C(F)(F)F. The first-order valence-electron chi connectivity index (χ1n) is 5.66. The molecule has 0 unspecified atom stereocenters. The van der Waals surface area contributed by atoms with Gasteiger partial charge in [0.25, 0.3) is 0 Å². The monoisotopic (exact) mass is 338 g/mol. The number of thiazole rings is 1. The maximum Gasteiger partial charge on any atom is 0.534 e. The number of nitrogens with zero attached hydrogens (tertiary/aromatic N) is 2. The third kappa shape index (κ3) is 3.32. The molecule has 2 rings (SSSR count). The fraction of sp³-hybridized carbons (Fsp3) is 0.273. The molecule has 0 radical (unpaired) electrons. The predicted octanol–water partition coefficient (Wildman–Crippen LogP) is 3.00. The Hall–Kier alpha value is -1.68. The summed E-state index contributed by atoms with van der Waals surface area (Å²) in [6, 6.07) is 4.96. The quantitative estimate of drug-likeness (QED) is 0.633. The summed E-state index contributed by atoms with van der Waals surface area (Å²) in [5.74, 6) is -0.555. The fourth-order valence-electron chi connectivity index (χ4n) is 1.38. The van der Waals surface area contributed by atoms with E-state index in [0.29, 0.717) is 15.6 Å². The summed E-state index contributed by atoms with van der Waals surface area (Å²) in [5, 5.41) is 0.292. The predicted molar refractivity (Wildman–Crippen MR) is 70.3 cm³/mol. The highest BCUT2D eigenvalue weighted by Gasteiger charge is 2.49. The molecule has 0 bridgehead atoms. The lowest BCUT2D eigenvalue weighted by molar-refractivity contribution is -0.0501. The van der Waals surface area contributed by atoms with Crippen molar-refractivity contribution < 1.29 is 25.8 Å². The van der Waals surface area contributed by atoms with Gasteiger partial charge < -0.3 is 4.18 Å². The maximum absolute atomic E-state index is 12.3. The number of aromatic nitrogens is 2. The van der Waals surface area contributed by atoms with Crippen LogP contribution in [0.15, 0.2) is 24.4 Å². The van der Waals surface area contributed by atoms with Gasteiger partial charge >= 0.3 is 15.6 Å². The number of aryl methyl sites for hydroxylation is 1. The maximum atomic E-state index is 12.3. The molecule has 0 saturated carbocycles. The van der Waals surface area contributed by atoms with Gasteiger partial charge in [-0.25, -0.2) is 0 Å². The average Bonchev–Trinajstić information content (AvgIpc) is 2.81. The number of halogens is 3. The van der Waals surface area contributed by atoms with Crippen LogP contribution in [0.25, 0.3) is 10.7 Å². The highest BCUT2D eigenvalue weighted by atomic mass is 32.2. The van der Waals surface area contributed by atoms with E-state index in [-0.39, 0.29) is 6.42 Å². The Labute approximate surface area is 122 Å². The lowest BCUT2D eigenvalue weighted by Crippen LogP contribution is -2.28. The standard InChI is InChI=1S/C11H9F3N2O3S2/c1-2-8-9(19-21(17,18)11(12,13)14)16-10(20-8)7-5-3-4-6-15-7/h3-6H,2H2,1H3. The molecular weight excluding hydrogens is 329 g/mol. The van der Waals surface area contributed by atoms with E-state index in [0.717, 1.165) is 11.3 Å². The Morgan fingerprint density at radius 2 is 2.05 bits per heavy atom. The van der Waals surface area contributed by atoms with Crippen molar-refractivity contribution in [2.75, 3.05) is 0 Å². The van der Waals surface area contributed by atoms with E-state index >= 15 is 0 Å². The van der Waals surface area contributed by atoms with Crippen LogP contribution in [0.5, 0.6) is 5.88 Å². The minimum absolute atomic E-state index is 0.285. The Bertz CT molecular complexity index is 727. The molecule has 0 aliphatic rings. The smallest absolute Gasteiger partial charge is 0.354 e. The van der Waals surface area contributed by atoms with Crippen LogP contribution in [0.4, 0.5) is 13.2 Å². The molecule has 0 amide bonds. The lowest BCUT2D eigenvalue weighted by atomic mass is 10.4. The fourth-order valence-corrected chi connectivity index (χ4v) is 2.78. The van der Waals surface area contributed by atoms with Gasteiger partial charge in [-0.2, -0.15) is 26.6 Å². The van der Waals surface area contributed by atoms with Crippen molar-refractivity contribution >= 4 is 21.5 Å². The third-order valence-corrected chi connectivity index (χ3v) is 4.49. The molecule has 0 aliphatic heterocycles. The first-order valence-corrected chi connectivity index (χ1v) is 7.89. The minimum Gasteiger partial charge on any atom is -0.354 e. The highest BCUT2D eigenvalue weighted by Crippen LogP contribution is 2.35. The topological polar surface area (TPSA) is 69.2 Å². The second-order valence-corrected chi connectivity index (χ2v) is 6.42. The summed E-state index contributed by atoms with van der Waals surface area (Å²) in [4.78, 5) is 8.10. The molecule has 114 valence electrons. The summed E-state index contributed by atoms with van der Waals surface area (Å²) >= 11 is 1.03. The van der Waals surface area contributed by atoms with Crippen molar-refractivity contribution in [1.82, 2.24) is 9.97 Å². The average molecular weight is 338 g/mol. The summed E-state index contributed by atoms with van der Waals surface area (Å²) in [7, 11) is -5.73. The van der Waals surface area contributed by atoms with Crippen LogP contribution in [0.2, 0.25) is 0 Å². The number of hydrogen-bond acceptors (Lipinski definition) is 6. The molecule has 0 aliphatic carbocycles. The zero-order valence-corrected chi connectivity index (χ0v) is 12.2. The largest absolute Gasteiger partial charge is 0.534 e. The van der Waals surface area contributed by atoms with Crippen LogP contribution < -0.4 is 4.18 Å². The minimum atomic E-state index is -5.73.